The van der Waals surface area contributed by atoms with Crippen LogP contribution in [0.2, 0.25) is 0 Å². The lowest BCUT2D eigenvalue weighted by atomic mass is 9.92. The molecule has 0 atom stereocenters. The molecule has 0 aliphatic carbocycles. The molecule has 1 aliphatic rings. The van der Waals surface area contributed by atoms with Gasteiger partial charge in [0.05, 0.1) is 0 Å². The van der Waals surface area contributed by atoms with Crippen LogP contribution in [0.15, 0.2) is 24.4 Å². The summed E-state index contributed by atoms with van der Waals surface area (Å²) >= 11 is 0. The lowest BCUT2D eigenvalue weighted by molar-refractivity contribution is -0.136. The number of methoxy groups -OCH3 is 1. The van der Waals surface area contributed by atoms with Crippen molar-refractivity contribution in [2.45, 2.75) is 19.3 Å². The summed E-state index contributed by atoms with van der Waals surface area (Å²) in [5, 5.41) is 0. The first-order valence-electron chi connectivity index (χ1n) is 6.46. The summed E-state index contributed by atoms with van der Waals surface area (Å²) in [6.45, 7) is 1.89. The third kappa shape index (κ3) is 3.53. The zero-order chi connectivity index (χ0) is 12.8. The van der Waals surface area contributed by atoms with E-state index >= 15 is 0 Å². The van der Waals surface area contributed by atoms with Crippen LogP contribution < -0.4 is 0 Å². The van der Waals surface area contributed by atoms with Crippen molar-refractivity contribution in [3.63, 3.8) is 0 Å². The molecule has 1 aromatic heterocycles. The molecule has 98 valence electrons. The van der Waals surface area contributed by atoms with Crippen LogP contribution in [0.25, 0.3) is 0 Å². The normalized spacial score (nSPS) is 16.8. The lowest BCUT2D eigenvalue weighted by Crippen LogP contribution is -2.40. The van der Waals surface area contributed by atoms with Crippen molar-refractivity contribution >= 4 is 5.91 Å². The highest BCUT2D eigenvalue weighted by Crippen LogP contribution is 2.20. The van der Waals surface area contributed by atoms with Crippen molar-refractivity contribution in [2.24, 2.45) is 5.92 Å². The van der Waals surface area contributed by atoms with E-state index in [4.69, 9.17) is 4.74 Å². The highest BCUT2D eigenvalue weighted by molar-refractivity contribution is 5.77. The molecule has 4 heteroatoms. The van der Waals surface area contributed by atoms with Gasteiger partial charge >= 0.3 is 0 Å². The molecule has 1 saturated heterocycles. The highest BCUT2D eigenvalue weighted by Gasteiger charge is 2.22. The van der Waals surface area contributed by atoms with Gasteiger partial charge in [-0.05, 0) is 37.3 Å². The van der Waals surface area contributed by atoms with Crippen LogP contribution in [0.1, 0.15) is 18.5 Å². The number of likely N-dealkylation sites (tertiary alicyclic amines) is 1. The summed E-state index contributed by atoms with van der Waals surface area (Å²) in [5.41, 5.74) is 1.15. The molecular weight excluding hydrogens is 228 g/mol. The summed E-state index contributed by atoms with van der Waals surface area (Å²) in [6, 6.07) is 6.04. The fourth-order valence-electron chi connectivity index (χ4n) is 2.42. The van der Waals surface area contributed by atoms with Gasteiger partial charge in [-0.2, -0.15) is 0 Å². The number of aromatic nitrogens is 1. The summed E-state index contributed by atoms with van der Waals surface area (Å²) < 4.78 is 4.88. The van der Waals surface area contributed by atoms with Gasteiger partial charge in [-0.1, -0.05) is 6.07 Å². The van der Waals surface area contributed by atoms with Crippen molar-refractivity contribution in [2.75, 3.05) is 26.8 Å². The van der Waals surface area contributed by atoms with E-state index in [1.165, 1.54) is 0 Å². The number of carbonyl (C=O) groups is 1. The van der Waals surface area contributed by atoms with E-state index in [9.17, 15) is 4.79 Å². The lowest BCUT2D eigenvalue weighted by Gasteiger charge is -2.31. The molecule has 0 unspecified atom stereocenters. The van der Waals surface area contributed by atoms with Gasteiger partial charge in [0, 0.05) is 32.1 Å². The molecule has 1 fully saturated rings. The van der Waals surface area contributed by atoms with Gasteiger partial charge in [-0.15, -0.1) is 0 Å². The Labute approximate surface area is 108 Å². The number of ether oxygens (including phenoxy) is 1. The Morgan fingerprint density at radius 2 is 2.22 bits per heavy atom. The molecule has 0 bridgehead atoms. The number of hydrogen-bond donors (Lipinski definition) is 0. The summed E-state index contributed by atoms with van der Waals surface area (Å²) in [4.78, 5) is 17.9. The quantitative estimate of drug-likeness (QED) is 0.811. The molecule has 1 aromatic rings. The summed E-state index contributed by atoms with van der Waals surface area (Å²) in [5.74, 6) is 0.750. The minimum absolute atomic E-state index is 0.105. The first-order chi connectivity index (χ1) is 8.79. The van der Waals surface area contributed by atoms with E-state index in [1.807, 2.05) is 23.2 Å². The van der Waals surface area contributed by atoms with Gasteiger partial charge in [0.1, 0.15) is 6.61 Å². The van der Waals surface area contributed by atoms with Gasteiger partial charge in [-0.25, -0.2) is 0 Å². The van der Waals surface area contributed by atoms with E-state index in [-0.39, 0.29) is 12.5 Å². The maximum absolute atomic E-state index is 11.7. The Bertz CT molecular complexity index is 373. The van der Waals surface area contributed by atoms with Crippen LogP contribution in [0.4, 0.5) is 0 Å². The van der Waals surface area contributed by atoms with E-state index < -0.39 is 0 Å². The van der Waals surface area contributed by atoms with Crippen molar-refractivity contribution in [1.82, 2.24) is 9.88 Å². The number of rotatable bonds is 4. The standard InChI is InChI=1S/C14H20N2O2/c1-18-11-14(17)16-8-5-12(6-9-16)10-13-4-2-3-7-15-13/h2-4,7,12H,5-6,8-11H2,1H3. The number of piperidine rings is 1. The first kappa shape index (κ1) is 13.0. The maximum atomic E-state index is 11.7. The van der Waals surface area contributed by atoms with Crippen LogP contribution in [-0.2, 0) is 16.0 Å². The fraction of sp³-hybridized carbons (Fsp3) is 0.571. The first-order valence-corrected chi connectivity index (χ1v) is 6.46. The average Bonchev–Trinajstić information content (AvgIpc) is 2.41. The van der Waals surface area contributed by atoms with Crippen LogP contribution in [0, 0.1) is 5.92 Å². The molecule has 0 aromatic carbocycles. The van der Waals surface area contributed by atoms with Crippen molar-refractivity contribution in [1.29, 1.82) is 0 Å². The number of pyridine rings is 1. The summed E-state index contributed by atoms with van der Waals surface area (Å²) in [7, 11) is 1.56. The molecule has 2 heterocycles. The Balaban J connectivity index is 1.78. The molecule has 2 rings (SSSR count). The predicted molar refractivity (Wildman–Crippen MR) is 69.1 cm³/mol. The molecule has 0 radical (unpaired) electrons. The van der Waals surface area contributed by atoms with E-state index in [1.54, 1.807) is 7.11 Å². The topological polar surface area (TPSA) is 42.4 Å². The molecule has 0 N–H and O–H groups in total. The zero-order valence-corrected chi connectivity index (χ0v) is 10.8. The third-order valence-electron chi connectivity index (χ3n) is 3.46. The Kier molecular flexibility index (Phi) is 4.70. The fourth-order valence-corrected chi connectivity index (χ4v) is 2.42. The SMILES string of the molecule is COCC(=O)N1CCC(Cc2ccccn2)CC1. The average molecular weight is 248 g/mol. The van der Waals surface area contributed by atoms with Gasteiger partial charge < -0.3 is 9.64 Å². The minimum Gasteiger partial charge on any atom is -0.375 e. The molecule has 1 aliphatic heterocycles. The zero-order valence-electron chi connectivity index (χ0n) is 10.8. The van der Waals surface area contributed by atoms with Gasteiger partial charge in [0.2, 0.25) is 5.91 Å². The van der Waals surface area contributed by atoms with E-state index in [2.05, 4.69) is 11.1 Å². The molecule has 4 nitrogen and oxygen atoms in total. The second-order valence-corrected chi connectivity index (χ2v) is 4.78. The van der Waals surface area contributed by atoms with Gasteiger partial charge in [0.15, 0.2) is 0 Å². The number of carbonyl (C=O) groups excluding carboxylic acids is 1. The van der Waals surface area contributed by atoms with E-state index in [0.717, 1.165) is 38.0 Å². The number of amides is 1. The Morgan fingerprint density at radius 3 is 2.83 bits per heavy atom. The maximum Gasteiger partial charge on any atom is 0.248 e. The Hall–Kier alpha value is -1.42. The molecule has 18 heavy (non-hydrogen) atoms. The van der Waals surface area contributed by atoms with Crippen LogP contribution in [0.5, 0.6) is 0 Å². The summed E-state index contributed by atoms with van der Waals surface area (Å²) in [6.07, 6.45) is 4.98. The molecular formula is C14H20N2O2. The Morgan fingerprint density at radius 1 is 1.44 bits per heavy atom. The molecule has 0 saturated carbocycles. The largest absolute Gasteiger partial charge is 0.375 e. The predicted octanol–water partition coefficient (Wildman–Crippen LogP) is 1.51. The van der Waals surface area contributed by atoms with Crippen molar-refractivity contribution in [3.8, 4) is 0 Å². The van der Waals surface area contributed by atoms with Gasteiger partial charge in [-0.3, -0.25) is 9.78 Å². The van der Waals surface area contributed by atoms with Gasteiger partial charge in [0.25, 0.3) is 0 Å². The smallest absolute Gasteiger partial charge is 0.248 e. The molecule has 0 spiro atoms. The molecule has 1 amide bonds. The third-order valence-corrected chi connectivity index (χ3v) is 3.46. The minimum atomic E-state index is 0.105. The second kappa shape index (κ2) is 6.50. The van der Waals surface area contributed by atoms with Crippen LogP contribution >= 0.6 is 0 Å². The number of hydrogen-bond acceptors (Lipinski definition) is 3. The van der Waals surface area contributed by atoms with E-state index in [0.29, 0.717) is 5.92 Å². The van der Waals surface area contributed by atoms with Crippen molar-refractivity contribution in [3.05, 3.63) is 30.1 Å². The number of nitrogens with zero attached hydrogens (tertiary/aromatic N) is 2. The second-order valence-electron chi connectivity index (χ2n) is 4.78. The van der Waals surface area contributed by atoms with Crippen LogP contribution in [-0.4, -0.2) is 42.6 Å². The monoisotopic (exact) mass is 248 g/mol. The van der Waals surface area contributed by atoms with Crippen LogP contribution in [0.3, 0.4) is 0 Å². The highest BCUT2D eigenvalue weighted by atomic mass is 16.5. The van der Waals surface area contributed by atoms with Crippen molar-refractivity contribution < 1.29 is 9.53 Å².